The Morgan fingerprint density at radius 3 is 2.94 bits per heavy atom. The highest BCUT2D eigenvalue weighted by Crippen LogP contribution is 2.14. The van der Waals surface area contributed by atoms with Gasteiger partial charge < -0.3 is 10.2 Å². The normalized spacial score (nSPS) is 20.4. The van der Waals surface area contributed by atoms with E-state index in [0.29, 0.717) is 18.9 Å². The second kappa shape index (κ2) is 5.48. The summed E-state index contributed by atoms with van der Waals surface area (Å²) in [6.45, 7) is 4.63. The fraction of sp³-hybridized carbons (Fsp3) is 0.583. The molecule has 2 heterocycles. The van der Waals surface area contributed by atoms with Crippen molar-refractivity contribution >= 4 is 23.2 Å². The van der Waals surface area contributed by atoms with E-state index in [1.807, 2.05) is 19.2 Å². The van der Waals surface area contributed by atoms with Crippen molar-refractivity contribution in [2.45, 2.75) is 32.9 Å². The highest BCUT2D eigenvalue weighted by molar-refractivity contribution is 7.07. The number of aromatic nitrogens is 1. The standard InChI is InChI=1S/C12H17N3O2S/c1-8(2)3-10-12(17)15(5-11(16)14-10)4-9-6-18-7-13-9/h6-8,10H,3-5H2,1-2H3,(H,14,16). The van der Waals surface area contributed by atoms with Crippen molar-refractivity contribution in [1.82, 2.24) is 15.2 Å². The van der Waals surface area contributed by atoms with E-state index in [0.717, 1.165) is 5.69 Å². The topological polar surface area (TPSA) is 62.3 Å². The second-order valence-corrected chi connectivity index (χ2v) is 5.64. The summed E-state index contributed by atoms with van der Waals surface area (Å²) in [6, 6.07) is -0.384. The number of carbonyl (C=O) groups is 2. The number of carbonyl (C=O) groups excluding carboxylic acids is 2. The monoisotopic (exact) mass is 267 g/mol. The first kappa shape index (κ1) is 13.0. The van der Waals surface area contributed by atoms with Gasteiger partial charge in [0.2, 0.25) is 11.8 Å². The summed E-state index contributed by atoms with van der Waals surface area (Å²) in [5.41, 5.74) is 2.57. The molecule has 98 valence electrons. The van der Waals surface area contributed by atoms with Gasteiger partial charge in [-0.15, -0.1) is 11.3 Å². The van der Waals surface area contributed by atoms with Crippen LogP contribution in [0, 0.1) is 5.92 Å². The SMILES string of the molecule is CC(C)CC1NC(=O)CN(Cc2cscn2)C1=O. The fourth-order valence-corrected chi connectivity index (χ4v) is 2.60. The molecular formula is C12H17N3O2S. The van der Waals surface area contributed by atoms with Gasteiger partial charge in [0.15, 0.2) is 0 Å². The highest BCUT2D eigenvalue weighted by atomic mass is 32.1. The van der Waals surface area contributed by atoms with Gasteiger partial charge in [0, 0.05) is 5.38 Å². The van der Waals surface area contributed by atoms with Crippen LogP contribution in [0.4, 0.5) is 0 Å². The summed E-state index contributed by atoms with van der Waals surface area (Å²) in [5, 5.41) is 4.66. The van der Waals surface area contributed by atoms with E-state index in [1.165, 1.54) is 11.3 Å². The zero-order chi connectivity index (χ0) is 13.1. The lowest BCUT2D eigenvalue weighted by atomic mass is 10.0. The first-order chi connectivity index (χ1) is 8.56. The molecule has 1 atom stereocenters. The Kier molecular flexibility index (Phi) is 3.96. The van der Waals surface area contributed by atoms with Crippen LogP contribution in [0.1, 0.15) is 26.0 Å². The Labute approximate surface area is 110 Å². The Morgan fingerprint density at radius 1 is 1.56 bits per heavy atom. The number of thiazole rings is 1. The predicted octanol–water partition coefficient (Wildman–Crippen LogP) is 1.02. The van der Waals surface area contributed by atoms with Crippen molar-refractivity contribution in [3.63, 3.8) is 0 Å². The van der Waals surface area contributed by atoms with Gasteiger partial charge in [0.1, 0.15) is 12.6 Å². The Hall–Kier alpha value is -1.43. The lowest BCUT2D eigenvalue weighted by molar-refractivity contribution is -0.145. The first-order valence-electron chi connectivity index (χ1n) is 6.01. The van der Waals surface area contributed by atoms with Gasteiger partial charge in [0.05, 0.1) is 17.7 Å². The smallest absolute Gasteiger partial charge is 0.245 e. The van der Waals surface area contributed by atoms with Crippen molar-refractivity contribution in [2.75, 3.05) is 6.54 Å². The van der Waals surface area contributed by atoms with Gasteiger partial charge in [-0.05, 0) is 12.3 Å². The maximum atomic E-state index is 12.2. The number of amides is 2. The summed E-state index contributed by atoms with van der Waals surface area (Å²) in [5.74, 6) is 0.283. The molecule has 1 unspecified atom stereocenters. The van der Waals surface area contributed by atoms with Gasteiger partial charge in [-0.2, -0.15) is 0 Å². The van der Waals surface area contributed by atoms with Gasteiger partial charge in [-0.1, -0.05) is 13.8 Å². The van der Waals surface area contributed by atoms with Gasteiger partial charge in [0.25, 0.3) is 0 Å². The molecule has 0 saturated carbocycles. The molecule has 0 spiro atoms. The van der Waals surface area contributed by atoms with Crippen molar-refractivity contribution in [3.05, 3.63) is 16.6 Å². The van der Waals surface area contributed by atoms with Gasteiger partial charge >= 0.3 is 0 Å². The van der Waals surface area contributed by atoms with Gasteiger partial charge in [-0.3, -0.25) is 9.59 Å². The molecular weight excluding hydrogens is 250 g/mol. The predicted molar refractivity (Wildman–Crippen MR) is 68.9 cm³/mol. The second-order valence-electron chi connectivity index (χ2n) is 4.92. The molecule has 2 amide bonds. The van der Waals surface area contributed by atoms with E-state index in [2.05, 4.69) is 10.3 Å². The highest BCUT2D eigenvalue weighted by Gasteiger charge is 2.32. The van der Waals surface area contributed by atoms with E-state index in [-0.39, 0.29) is 24.4 Å². The molecule has 0 bridgehead atoms. The third kappa shape index (κ3) is 3.07. The number of nitrogens with one attached hydrogen (secondary N) is 1. The number of hydrogen-bond donors (Lipinski definition) is 1. The average molecular weight is 267 g/mol. The quantitative estimate of drug-likeness (QED) is 0.886. The maximum absolute atomic E-state index is 12.2. The van der Waals surface area contributed by atoms with Crippen LogP contribution in [0.2, 0.25) is 0 Å². The van der Waals surface area contributed by atoms with Crippen LogP contribution in [-0.4, -0.2) is 34.3 Å². The van der Waals surface area contributed by atoms with Crippen LogP contribution in [0.15, 0.2) is 10.9 Å². The third-order valence-corrected chi connectivity index (χ3v) is 3.46. The summed E-state index contributed by atoms with van der Waals surface area (Å²) in [6.07, 6.45) is 0.679. The molecule has 0 radical (unpaired) electrons. The Morgan fingerprint density at radius 2 is 2.33 bits per heavy atom. The molecule has 1 aliphatic heterocycles. The van der Waals surface area contributed by atoms with Crippen molar-refractivity contribution < 1.29 is 9.59 Å². The maximum Gasteiger partial charge on any atom is 0.245 e. The molecule has 1 N–H and O–H groups in total. The molecule has 6 heteroatoms. The zero-order valence-corrected chi connectivity index (χ0v) is 11.4. The third-order valence-electron chi connectivity index (χ3n) is 2.82. The minimum Gasteiger partial charge on any atom is -0.343 e. The van der Waals surface area contributed by atoms with Crippen LogP contribution in [0.5, 0.6) is 0 Å². The van der Waals surface area contributed by atoms with Crippen LogP contribution >= 0.6 is 11.3 Å². The molecule has 18 heavy (non-hydrogen) atoms. The molecule has 0 aromatic carbocycles. The lowest BCUT2D eigenvalue weighted by Gasteiger charge is -2.32. The van der Waals surface area contributed by atoms with Crippen molar-refractivity contribution in [1.29, 1.82) is 0 Å². The van der Waals surface area contributed by atoms with Crippen LogP contribution in [0.3, 0.4) is 0 Å². The number of nitrogens with zero attached hydrogens (tertiary/aromatic N) is 2. The molecule has 1 aliphatic rings. The van der Waals surface area contributed by atoms with E-state index in [1.54, 1.807) is 10.4 Å². The largest absolute Gasteiger partial charge is 0.343 e. The van der Waals surface area contributed by atoms with Crippen LogP contribution in [0.25, 0.3) is 0 Å². The summed E-state index contributed by atoms with van der Waals surface area (Å²) >= 11 is 1.49. The van der Waals surface area contributed by atoms with Crippen molar-refractivity contribution in [2.24, 2.45) is 5.92 Å². The van der Waals surface area contributed by atoms with E-state index in [4.69, 9.17) is 0 Å². The molecule has 1 fully saturated rings. The molecule has 5 nitrogen and oxygen atoms in total. The fourth-order valence-electron chi connectivity index (χ4n) is 2.05. The number of piperazine rings is 1. The molecule has 0 aliphatic carbocycles. The minimum atomic E-state index is -0.384. The number of rotatable bonds is 4. The van der Waals surface area contributed by atoms with E-state index < -0.39 is 0 Å². The van der Waals surface area contributed by atoms with Crippen molar-refractivity contribution in [3.8, 4) is 0 Å². The summed E-state index contributed by atoms with van der Waals surface area (Å²) in [7, 11) is 0. The van der Waals surface area contributed by atoms with Gasteiger partial charge in [-0.25, -0.2) is 4.98 Å². The van der Waals surface area contributed by atoms with E-state index >= 15 is 0 Å². The zero-order valence-electron chi connectivity index (χ0n) is 10.5. The Balaban J connectivity index is 2.05. The Bertz CT molecular complexity index is 431. The minimum absolute atomic E-state index is 0.00343. The molecule has 1 aromatic rings. The molecule has 1 aromatic heterocycles. The first-order valence-corrected chi connectivity index (χ1v) is 6.95. The molecule has 2 rings (SSSR count). The molecule has 1 saturated heterocycles. The van der Waals surface area contributed by atoms with Crippen LogP contribution < -0.4 is 5.32 Å². The number of hydrogen-bond acceptors (Lipinski definition) is 4. The average Bonchev–Trinajstić information content (AvgIpc) is 2.77. The van der Waals surface area contributed by atoms with E-state index in [9.17, 15) is 9.59 Å². The lowest BCUT2D eigenvalue weighted by Crippen LogP contribution is -2.57. The summed E-state index contributed by atoms with van der Waals surface area (Å²) in [4.78, 5) is 29.6. The van der Waals surface area contributed by atoms with Crippen LogP contribution in [-0.2, 0) is 16.1 Å². The summed E-state index contributed by atoms with van der Waals surface area (Å²) < 4.78 is 0.